The number of carboxylic acids is 1. The number of hydrogen-bond acceptors (Lipinski definition) is 7. The smallest absolute Gasteiger partial charge is 0.340 e. The van der Waals surface area contributed by atoms with Gasteiger partial charge in [-0.3, -0.25) is 9.08 Å². The van der Waals surface area contributed by atoms with Crippen LogP contribution < -0.4 is 5.32 Å². The first kappa shape index (κ1) is 23.8. The van der Waals surface area contributed by atoms with Crippen molar-refractivity contribution in [2.24, 2.45) is 5.92 Å². The van der Waals surface area contributed by atoms with E-state index in [2.05, 4.69) is 30.6 Å². The zero-order valence-corrected chi connectivity index (χ0v) is 21.1. The van der Waals surface area contributed by atoms with E-state index in [1.807, 2.05) is 48.3 Å². The van der Waals surface area contributed by atoms with Crippen LogP contribution in [0.15, 0.2) is 61.3 Å². The molecule has 2 N–H and O–H groups in total. The molecule has 0 aliphatic heterocycles. The largest absolute Gasteiger partial charge is 0.478 e. The molecule has 0 atom stereocenters. The van der Waals surface area contributed by atoms with Gasteiger partial charge in [-0.15, -0.1) is 10.2 Å². The highest BCUT2D eigenvalue weighted by molar-refractivity contribution is 6.02. The Balaban J connectivity index is 1.32. The molecule has 0 radical (unpaired) electrons. The van der Waals surface area contributed by atoms with Gasteiger partial charge in [0.15, 0.2) is 11.5 Å². The van der Waals surface area contributed by atoms with Crippen LogP contribution in [0.25, 0.3) is 28.2 Å². The van der Waals surface area contributed by atoms with E-state index in [0.717, 1.165) is 17.7 Å². The van der Waals surface area contributed by atoms with Crippen LogP contribution in [0.4, 0.5) is 11.6 Å². The molecule has 10 heteroatoms. The van der Waals surface area contributed by atoms with Crippen LogP contribution in [0.2, 0.25) is 0 Å². The number of nitrogens with zero attached hydrogens (tertiary/aromatic N) is 7. The number of rotatable bonds is 7. The average molecular weight is 509 g/mol. The second-order valence-corrected chi connectivity index (χ2v) is 9.80. The molecule has 0 saturated heterocycles. The van der Waals surface area contributed by atoms with Crippen LogP contribution in [0.5, 0.6) is 0 Å². The topological polar surface area (TPSA) is 123 Å². The van der Waals surface area contributed by atoms with Crippen molar-refractivity contribution in [2.45, 2.75) is 45.6 Å². The summed E-state index contributed by atoms with van der Waals surface area (Å²) in [4.78, 5) is 21.2. The Bertz CT molecular complexity index is 1600. The fourth-order valence-electron chi connectivity index (χ4n) is 5.22. The number of anilines is 2. The second-order valence-electron chi connectivity index (χ2n) is 9.80. The number of aryl methyl sites for hydroxylation is 1. The van der Waals surface area contributed by atoms with E-state index in [-0.39, 0.29) is 5.56 Å². The minimum absolute atomic E-state index is 0.133. The quantitative estimate of drug-likeness (QED) is 0.300. The molecule has 1 saturated carbocycles. The molecule has 192 valence electrons. The zero-order valence-electron chi connectivity index (χ0n) is 21.1. The lowest BCUT2D eigenvalue weighted by molar-refractivity contribution is 0.0699. The Morgan fingerprint density at radius 1 is 1.11 bits per heavy atom. The lowest BCUT2D eigenvalue weighted by atomic mass is 9.89. The van der Waals surface area contributed by atoms with Crippen LogP contribution in [-0.2, 0) is 6.54 Å². The molecule has 5 aromatic rings. The molecule has 0 aromatic carbocycles. The van der Waals surface area contributed by atoms with Gasteiger partial charge in [0.1, 0.15) is 17.1 Å². The van der Waals surface area contributed by atoms with E-state index in [0.29, 0.717) is 40.2 Å². The number of hydrogen-bond donors (Lipinski definition) is 2. The zero-order chi connectivity index (χ0) is 26.1. The highest BCUT2D eigenvalue weighted by atomic mass is 16.4. The number of imidazole rings is 1. The third-order valence-corrected chi connectivity index (χ3v) is 7.17. The molecule has 5 aromatic heterocycles. The van der Waals surface area contributed by atoms with E-state index >= 15 is 0 Å². The summed E-state index contributed by atoms with van der Waals surface area (Å²) in [6.07, 6.45) is 15.2. The van der Waals surface area contributed by atoms with E-state index in [1.54, 1.807) is 29.1 Å². The molecule has 10 nitrogen and oxygen atoms in total. The van der Waals surface area contributed by atoms with Crippen LogP contribution in [-0.4, -0.2) is 45.4 Å². The predicted octanol–water partition coefficient (Wildman–Crippen LogP) is 5.38. The van der Waals surface area contributed by atoms with Crippen molar-refractivity contribution in [3.8, 4) is 22.5 Å². The van der Waals surface area contributed by atoms with E-state index in [4.69, 9.17) is 0 Å². The van der Waals surface area contributed by atoms with E-state index < -0.39 is 5.97 Å². The summed E-state index contributed by atoms with van der Waals surface area (Å²) in [5.41, 5.74) is 3.96. The molecule has 0 unspecified atom stereocenters. The Morgan fingerprint density at radius 3 is 2.74 bits per heavy atom. The highest BCUT2D eigenvalue weighted by Crippen LogP contribution is 2.31. The minimum Gasteiger partial charge on any atom is -0.478 e. The van der Waals surface area contributed by atoms with Crippen molar-refractivity contribution in [3.05, 3.63) is 72.4 Å². The van der Waals surface area contributed by atoms with Crippen LogP contribution in [0.3, 0.4) is 0 Å². The molecule has 6 rings (SSSR count). The standard InChI is InChI=1S/C28H28N8O2/c1-18-13-22(33-34-26(18)32-24-9-5-6-11-29-24)23-15-30-27-25(28(37)38)21(10-12-36(23)27)20-14-31-35(17-20)16-19-7-3-2-4-8-19/h5-6,9-15,17,19H,2-4,7-8,16H2,1H3,(H,37,38)(H,29,32,34). The summed E-state index contributed by atoms with van der Waals surface area (Å²) in [7, 11) is 0. The van der Waals surface area contributed by atoms with Crippen molar-refractivity contribution in [2.75, 3.05) is 5.32 Å². The maximum absolute atomic E-state index is 12.4. The lowest BCUT2D eigenvalue weighted by Crippen LogP contribution is -2.14. The summed E-state index contributed by atoms with van der Waals surface area (Å²) in [5.74, 6) is 0.857. The second kappa shape index (κ2) is 10.0. The van der Waals surface area contributed by atoms with Gasteiger partial charge >= 0.3 is 5.97 Å². The van der Waals surface area contributed by atoms with Crippen molar-refractivity contribution in [1.29, 1.82) is 0 Å². The molecular weight excluding hydrogens is 480 g/mol. The number of carboxylic acid groups (broad SMARTS) is 1. The lowest BCUT2D eigenvalue weighted by Gasteiger charge is -2.21. The van der Waals surface area contributed by atoms with Gasteiger partial charge in [-0.05, 0) is 55.5 Å². The third-order valence-electron chi connectivity index (χ3n) is 7.17. The first-order valence-corrected chi connectivity index (χ1v) is 12.9. The molecule has 0 amide bonds. The van der Waals surface area contributed by atoms with Crippen molar-refractivity contribution in [1.82, 2.24) is 34.3 Å². The van der Waals surface area contributed by atoms with Gasteiger partial charge in [0, 0.05) is 36.3 Å². The van der Waals surface area contributed by atoms with Gasteiger partial charge < -0.3 is 10.4 Å². The molecule has 0 spiro atoms. The van der Waals surface area contributed by atoms with Gasteiger partial charge in [-0.25, -0.2) is 14.8 Å². The molecule has 0 bridgehead atoms. The summed E-state index contributed by atoms with van der Waals surface area (Å²) in [5, 5.41) is 26.6. The first-order valence-electron chi connectivity index (χ1n) is 12.9. The molecule has 1 aliphatic rings. The number of pyridine rings is 2. The first-order chi connectivity index (χ1) is 18.6. The third kappa shape index (κ3) is 4.60. The van der Waals surface area contributed by atoms with Gasteiger partial charge in [0.2, 0.25) is 0 Å². The van der Waals surface area contributed by atoms with Gasteiger partial charge in [0.25, 0.3) is 0 Å². The number of nitrogens with one attached hydrogen (secondary N) is 1. The molecule has 1 fully saturated rings. The Morgan fingerprint density at radius 2 is 1.97 bits per heavy atom. The number of fused-ring (bicyclic) bond motifs is 1. The van der Waals surface area contributed by atoms with Gasteiger partial charge in [0.05, 0.1) is 18.1 Å². The highest BCUT2D eigenvalue weighted by Gasteiger charge is 2.22. The summed E-state index contributed by atoms with van der Waals surface area (Å²) in [6, 6.07) is 9.29. The Kier molecular flexibility index (Phi) is 6.28. The number of carbonyl (C=O) groups is 1. The van der Waals surface area contributed by atoms with E-state index in [1.165, 1.54) is 32.1 Å². The van der Waals surface area contributed by atoms with Crippen LogP contribution in [0.1, 0.15) is 48.0 Å². The summed E-state index contributed by atoms with van der Waals surface area (Å²) in [6.45, 7) is 2.79. The van der Waals surface area contributed by atoms with Crippen molar-refractivity contribution < 1.29 is 9.90 Å². The molecule has 38 heavy (non-hydrogen) atoms. The SMILES string of the molecule is Cc1cc(-c2cnc3c(C(=O)O)c(-c4cnn(CC5CCCCC5)c4)ccn23)nnc1Nc1ccccn1. The monoisotopic (exact) mass is 508 g/mol. The van der Waals surface area contributed by atoms with Gasteiger partial charge in [-0.2, -0.15) is 5.10 Å². The van der Waals surface area contributed by atoms with Crippen molar-refractivity contribution in [3.63, 3.8) is 0 Å². The van der Waals surface area contributed by atoms with Gasteiger partial charge in [-0.1, -0.05) is 25.3 Å². The number of aromatic carboxylic acids is 1. The minimum atomic E-state index is -1.04. The molecule has 5 heterocycles. The van der Waals surface area contributed by atoms with E-state index in [9.17, 15) is 9.90 Å². The normalized spacial score (nSPS) is 14.1. The Labute approximate surface area is 219 Å². The van der Waals surface area contributed by atoms with Crippen LogP contribution in [0, 0.1) is 12.8 Å². The fourth-order valence-corrected chi connectivity index (χ4v) is 5.22. The summed E-state index contributed by atoms with van der Waals surface area (Å²) >= 11 is 0. The van der Waals surface area contributed by atoms with Crippen LogP contribution >= 0.6 is 0 Å². The summed E-state index contributed by atoms with van der Waals surface area (Å²) < 4.78 is 3.69. The molecular formula is C28H28N8O2. The maximum Gasteiger partial charge on any atom is 0.340 e. The van der Waals surface area contributed by atoms with Crippen molar-refractivity contribution >= 4 is 23.3 Å². The number of aromatic nitrogens is 7. The maximum atomic E-state index is 12.4. The predicted molar refractivity (Wildman–Crippen MR) is 143 cm³/mol. The average Bonchev–Trinajstić information content (AvgIpc) is 3.57. The fraction of sp³-hybridized carbons (Fsp3) is 0.286. The molecule has 1 aliphatic carbocycles. The Hall–Kier alpha value is -4.60.